The van der Waals surface area contributed by atoms with Crippen molar-refractivity contribution in [3.8, 4) is 5.75 Å². The summed E-state index contributed by atoms with van der Waals surface area (Å²) in [7, 11) is 1.59. The van der Waals surface area contributed by atoms with Gasteiger partial charge in [-0.15, -0.1) is 13.2 Å². The number of rotatable bonds is 8. The molecule has 0 amide bonds. The Balaban J connectivity index is 2.25. The number of halogens is 3. The third-order valence-corrected chi connectivity index (χ3v) is 2.10. The highest BCUT2D eigenvalue weighted by Gasteiger charge is 2.30. The number of nitrogens with one attached hydrogen (secondary N) is 1. The van der Waals surface area contributed by atoms with Gasteiger partial charge in [0, 0.05) is 19.3 Å². The van der Waals surface area contributed by atoms with Crippen molar-refractivity contribution in [1.29, 1.82) is 0 Å². The van der Waals surface area contributed by atoms with Gasteiger partial charge in [0.25, 0.3) is 0 Å². The largest absolute Gasteiger partial charge is 0.573 e. The molecule has 19 heavy (non-hydrogen) atoms. The number of methoxy groups -OCH3 is 1. The summed E-state index contributed by atoms with van der Waals surface area (Å²) in [6.07, 6.45) is -4.66. The van der Waals surface area contributed by atoms with Crippen LogP contribution in [0.1, 0.15) is 0 Å². The summed E-state index contributed by atoms with van der Waals surface area (Å²) in [5.74, 6) is -0.241. The molecule has 0 heterocycles. The maximum Gasteiger partial charge on any atom is 0.573 e. The van der Waals surface area contributed by atoms with Gasteiger partial charge < -0.3 is 19.5 Å². The summed E-state index contributed by atoms with van der Waals surface area (Å²) >= 11 is 0. The molecule has 0 aromatic heterocycles. The fourth-order valence-corrected chi connectivity index (χ4v) is 1.29. The van der Waals surface area contributed by atoms with Gasteiger partial charge in [-0.2, -0.15) is 0 Å². The molecule has 4 nitrogen and oxygen atoms in total. The Bertz CT molecular complexity index is 354. The Morgan fingerprint density at radius 1 is 1.05 bits per heavy atom. The highest BCUT2D eigenvalue weighted by Crippen LogP contribution is 2.23. The van der Waals surface area contributed by atoms with Gasteiger partial charge in [-0.3, -0.25) is 0 Å². The Hall–Kier alpha value is -1.47. The molecule has 0 aliphatic carbocycles. The highest BCUT2D eigenvalue weighted by atomic mass is 19.4. The van der Waals surface area contributed by atoms with Gasteiger partial charge in [-0.05, 0) is 24.3 Å². The van der Waals surface area contributed by atoms with Gasteiger partial charge in [0.05, 0.1) is 19.8 Å². The van der Waals surface area contributed by atoms with Crippen LogP contribution in [0, 0.1) is 0 Å². The summed E-state index contributed by atoms with van der Waals surface area (Å²) in [6.45, 7) is 2.09. The molecule has 1 N–H and O–H groups in total. The van der Waals surface area contributed by atoms with Crippen LogP contribution in [0.2, 0.25) is 0 Å². The van der Waals surface area contributed by atoms with Crippen LogP contribution in [0.3, 0.4) is 0 Å². The van der Waals surface area contributed by atoms with E-state index in [-0.39, 0.29) is 5.75 Å². The fraction of sp³-hybridized carbons (Fsp3) is 0.500. The van der Waals surface area contributed by atoms with Crippen molar-refractivity contribution in [2.75, 3.05) is 38.8 Å². The highest BCUT2D eigenvalue weighted by molar-refractivity contribution is 5.46. The molecule has 108 valence electrons. The minimum absolute atomic E-state index is 0.241. The van der Waals surface area contributed by atoms with Crippen LogP contribution in [0.4, 0.5) is 18.9 Å². The van der Waals surface area contributed by atoms with Crippen molar-refractivity contribution in [2.45, 2.75) is 6.36 Å². The molecule has 0 atom stereocenters. The van der Waals surface area contributed by atoms with Gasteiger partial charge in [0.15, 0.2) is 0 Å². The summed E-state index contributed by atoms with van der Waals surface area (Å²) in [5, 5.41) is 3.01. The molecule has 1 aromatic rings. The minimum atomic E-state index is -4.66. The first-order valence-corrected chi connectivity index (χ1v) is 5.67. The van der Waals surface area contributed by atoms with E-state index in [0.717, 1.165) is 0 Å². The standard InChI is InChI=1S/C12H16F3NO3/c1-17-8-9-18-7-6-16-10-2-4-11(5-3-10)19-12(13,14)15/h2-5,16H,6-9H2,1H3. The average molecular weight is 279 g/mol. The third kappa shape index (κ3) is 7.53. The topological polar surface area (TPSA) is 39.7 Å². The van der Waals surface area contributed by atoms with E-state index in [9.17, 15) is 13.2 Å². The smallest absolute Gasteiger partial charge is 0.406 e. The van der Waals surface area contributed by atoms with Crippen LogP contribution in [-0.4, -0.2) is 39.8 Å². The maximum absolute atomic E-state index is 11.9. The van der Waals surface area contributed by atoms with Gasteiger partial charge in [-0.25, -0.2) is 0 Å². The zero-order chi connectivity index (χ0) is 14.1. The van der Waals surface area contributed by atoms with Crippen LogP contribution in [0.5, 0.6) is 5.75 Å². The van der Waals surface area contributed by atoms with E-state index < -0.39 is 6.36 Å². The second-order valence-corrected chi connectivity index (χ2v) is 3.60. The zero-order valence-electron chi connectivity index (χ0n) is 10.5. The quantitative estimate of drug-likeness (QED) is 0.743. The van der Waals surface area contributed by atoms with E-state index in [2.05, 4.69) is 10.1 Å². The number of benzene rings is 1. The van der Waals surface area contributed by atoms with Crippen molar-refractivity contribution in [2.24, 2.45) is 0 Å². The van der Waals surface area contributed by atoms with E-state index in [1.54, 1.807) is 7.11 Å². The summed E-state index contributed by atoms with van der Waals surface area (Å²) in [4.78, 5) is 0. The molecule has 0 radical (unpaired) electrons. The van der Waals surface area contributed by atoms with Crippen molar-refractivity contribution in [3.63, 3.8) is 0 Å². The lowest BCUT2D eigenvalue weighted by Gasteiger charge is -2.10. The van der Waals surface area contributed by atoms with Crippen molar-refractivity contribution in [1.82, 2.24) is 0 Å². The first-order valence-electron chi connectivity index (χ1n) is 5.67. The molecule has 0 aliphatic rings. The van der Waals surface area contributed by atoms with Crippen molar-refractivity contribution >= 4 is 5.69 Å². The normalized spacial score (nSPS) is 11.4. The first-order chi connectivity index (χ1) is 9.01. The van der Waals surface area contributed by atoms with Crippen LogP contribution >= 0.6 is 0 Å². The Kier molecular flexibility index (Phi) is 6.44. The SMILES string of the molecule is COCCOCCNc1ccc(OC(F)(F)F)cc1. The fourth-order valence-electron chi connectivity index (χ4n) is 1.29. The summed E-state index contributed by atoms with van der Waals surface area (Å²) in [6, 6.07) is 5.52. The van der Waals surface area contributed by atoms with E-state index in [1.807, 2.05) is 0 Å². The molecule has 1 rings (SSSR count). The van der Waals surface area contributed by atoms with Gasteiger partial charge in [0.2, 0.25) is 0 Å². The predicted molar refractivity (Wildman–Crippen MR) is 64.3 cm³/mol. The minimum Gasteiger partial charge on any atom is -0.406 e. The van der Waals surface area contributed by atoms with Crippen LogP contribution in [0.15, 0.2) is 24.3 Å². The number of hydrogen-bond acceptors (Lipinski definition) is 4. The summed E-state index contributed by atoms with van der Waals surface area (Å²) in [5.41, 5.74) is 0.699. The van der Waals surface area contributed by atoms with E-state index >= 15 is 0 Å². The molecule has 0 fully saturated rings. The molecule has 0 bridgehead atoms. The molecule has 0 saturated carbocycles. The Labute approximate surface area is 109 Å². The third-order valence-electron chi connectivity index (χ3n) is 2.10. The number of ether oxygens (including phenoxy) is 3. The Morgan fingerprint density at radius 2 is 1.74 bits per heavy atom. The van der Waals surface area contributed by atoms with Gasteiger partial charge in [0.1, 0.15) is 5.75 Å². The molecular formula is C12H16F3NO3. The number of anilines is 1. The molecule has 1 aromatic carbocycles. The van der Waals surface area contributed by atoms with E-state index in [0.29, 0.717) is 32.1 Å². The zero-order valence-corrected chi connectivity index (χ0v) is 10.5. The lowest BCUT2D eigenvalue weighted by molar-refractivity contribution is -0.274. The molecule has 0 unspecified atom stereocenters. The average Bonchev–Trinajstić information content (AvgIpc) is 2.34. The van der Waals surface area contributed by atoms with Crippen molar-refractivity contribution in [3.05, 3.63) is 24.3 Å². The molecule has 0 saturated heterocycles. The Morgan fingerprint density at radius 3 is 2.32 bits per heavy atom. The monoisotopic (exact) mass is 279 g/mol. The second-order valence-electron chi connectivity index (χ2n) is 3.60. The lowest BCUT2D eigenvalue weighted by Crippen LogP contribution is -2.17. The van der Waals surface area contributed by atoms with Crippen LogP contribution in [-0.2, 0) is 9.47 Å². The molecular weight excluding hydrogens is 263 g/mol. The van der Waals surface area contributed by atoms with Crippen LogP contribution < -0.4 is 10.1 Å². The number of alkyl halides is 3. The first kappa shape index (κ1) is 15.6. The molecule has 0 spiro atoms. The van der Waals surface area contributed by atoms with Gasteiger partial charge in [-0.1, -0.05) is 0 Å². The lowest BCUT2D eigenvalue weighted by atomic mass is 10.3. The summed E-state index contributed by atoms with van der Waals surface area (Å²) < 4.78 is 49.6. The predicted octanol–water partition coefficient (Wildman–Crippen LogP) is 2.66. The molecule has 7 heteroatoms. The number of hydrogen-bond donors (Lipinski definition) is 1. The maximum atomic E-state index is 11.9. The van der Waals surface area contributed by atoms with E-state index in [4.69, 9.17) is 9.47 Å². The van der Waals surface area contributed by atoms with Gasteiger partial charge >= 0.3 is 6.36 Å². The molecule has 0 aliphatic heterocycles. The van der Waals surface area contributed by atoms with E-state index in [1.165, 1.54) is 24.3 Å². The van der Waals surface area contributed by atoms with Crippen molar-refractivity contribution < 1.29 is 27.4 Å². The second kappa shape index (κ2) is 7.85. The van der Waals surface area contributed by atoms with Crippen LogP contribution in [0.25, 0.3) is 0 Å².